The van der Waals surface area contributed by atoms with Gasteiger partial charge in [-0.15, -0.1) is 0 Å². The average molecular weight is 285 g/mol. The molecule has 0 saturated carbocycles. The molecule has 0 unspecified atom stereocenters. The molecule has 2 rings (SSSR count). The Hall–Kier alpha value is -1.43. The highest BCUT2D eigenvalue weighted by Gasteiger charge is 2.02. The quantitative estimate of drug-likeness (QED) is 0.941. The number of nitrogens with one attached hydrogen (secondary N) is 1. The molecule has 0 spiro atoms. The molecule has 0 bridgehead atoms. The maximum Gasteiger partial charge on any atom is 0.145 e. The largest absolute Gasteiger partial charge is 0.378 e. The van der Waals surface area contributed by atoms with E-state index in [2.05, 4.69) is 31.3 Å². The molecule has 0 saturated heterocycles. The van der Waals surface area contributed by atoms with Crippen LogP contribution in [0.2, 0.25) is 0 Å². The highest BCUT2D eigenvalue weighted by atomic mass is 79.9. The van der Waals surface area contributed by atoms with Crippen molar-refractivity contribution in [3.63, 3.8) is 0 Å². The van der Waals surface area contributed by atoms with Gasteiger partial charge in [0.2, 0.25) is 0 Å². The van der Waals surface area contributed by atoms with Crippen molar-refractivity contribution in [2.24, 2.45) is 7.05 Å². The van der Waals surface area contributed by atoms with Crippen LogP contribution in [0.5, 0.6) is 0 Å². The van der Waals surface area contributed by atoms with E-state index in [4.69, 9.17) is 0 Å². The number of aryl methyl sites for hydroxylation is 1. The zero-order chi connectivity index (χ0) is 11.5. The molecule has 1 N–H and O–H groups in total. The van der Waals surface area contributed by atoms with Crippen LogP contribution in [0.25, 0.3) is 0 Å². The fraction of sp³-hybridized carbons (Fsp3) is 0.200. The van der Waals surface area contributed by atoms with Crippen molar-refractivity contribution in [3.05, 3.63) is 40.6 Å². The van der Waals surface area contributed by atoms with Gasteiger partial charge in [0.25, 0.3) is 0 Å². The van der Waals surface area contributed by atoms with Crippen LogP contribution in [0.3, 0.4) is 0 Å². The predicted molar refractivity (Wildman–Crippen MR) is 62.4 cm³/mol. The smallest absolute Gasteiger partial charge is 0.145 e. The molecule has 0 aliphatic carbocycles. The average Bonchev–Trinajstić information content (AvgIpc) is 2.66. The van der Waals surface area contributed by atoms with E-state index in [1.54, 1.807) is 16.8 Å². The molecule has 16 heavy (non-hydrogen) atoms. The van der Waals surface area contributed by atoms with E-state index in [-0.39, 0.29) is 5.82 Å². The number of hydrogen-bond donors (Lipinski definition) is 1. The van der Waals surface area contributed by atoms with Crippen LogP contribution in [0.4, 0.5) is 10.1 Å². The maximum atomic E-state index is 13.2. The normalized spacial score (nSPS) is 10.4. The molecule has 4 nitrogen and oxygen atoms in total. The minimum atomic E-state index is -0.289. The standard InChI is InChI=1S/C10H10BrFN4/c1-16-10(14-6-15-16)5-13-7-2-3-8(11)9(12)4-7/h2-4,6,13H,5H2,1H3. The van der Waals surface area contributed by atoms with E-state index in [0.717, 1.165) is 5.82 Å². The molecule has 1 aromatic heterocycles. The van der Waals surface area contributed by atoms with Crippen LogP contribution < -0.4 is 5.32 Å². The SMILES string of the molecule is Cn1ncnc1CNc1ccc(Br)c(F)c1. The molecule has 0 fully saturated rings. The van der Waals surface area contributed by atoms with Gasteiger partial charge in [-0.05, 0) is 34.1 Å². The molecule has 0 aliphatic heterocycles. The van der Waals surface area contributed by atoms with Crippen molar-refractivity contribution < 1.29 is 4.39 Å². The molecule has 0 amide bonds. The van der Waals surface area contributed by atoms with Gasteiger partial charge < -0.3 is 5.32 Å². The molecular formula is C10H10BrFN4. The minimum absolute atomic E-state index is 0.289. The number of benzene rings is 1. The second-order valence-corrected chi connectivity index (χ2v) is 4.14. The summed E-state index contributed by atoms with van der Waals surface area (Å²) in [6.45, 7) is 0.511. The Morgan fingerprint density at radius 3 is 2.94 bits per heavy atom. The Morgan fingerprint density at radius 1 is 1.50 bits per heavy atom. The van der Waals surface area contributed by atoms with Crippen molar-refractivity contribution in [1.82, 2.24) is 14.8 Å². The van der Waals surface area contributed by atoms with E-state index < -0.39 is 0 Å². The zero-order valence-electron chi connectivity index (χ0n) is 8.61. The lowest BCUT2D eigenvalue weighted by Gasteiger charge is -2.06. The monoisotopic (exact) mass is 284 g/mol. The number of rotatable bonds is 3. The first-order chi connectivity index (χ1) is 7.66. The summed E-state index contributed by atoms with van der Waals surface area (Å²) in [5.41, 5.74) is 0.712. The summed E-state index contributed by atoms with van der Waals surface area (Å²) in [4.78, 5) is 4.06. The van der Waals surface area contributed by atoms with Gasteiger partial charge >= 0.3 is 0 Å². The van der Waals surface area contributed by atoms with Crippen LogP contribution in [0.15, 0.2) is 29.0 Å². The van der Waals surface area contributed by atoms with E-state index >= 15 is 0 Å². The van der Waals surface area contributed by atoms with E-state index in [1.165, 1.54) is 12.4 Å². The molecule has 0 radical (unpaired) electrons. The topological polar surface area (TPSA) is 42.7 Å². The van der Waals surface area contributed by atoms with Gasteiger partial charge in [0, 0.05) is 12.7 Å². The fourth-order valence-electron chi connectivity index (χ4n) is 1.27. The molecule has 1 aromatic carbocycles. The van der Waals surface area contributed by atoms with E-state index in [9.17, 15) is 4.39 Å². The van der Waals surface area contributed by atoms with Crippen LogP contribution in [-0.4, -0.2) is 14.8 Å². The Balaban J connectivity index is 2.05. The van der Waals surface area contributed by atoms with Gasteiger partial charge in [-0.2, -0.15) is 5.10 Å². The third kappa shape index (κ3) is 2.38. The summed E-state index contributed by atoms with van der Waals surface area (Å²) in [7, 11) is 1.81. The molecule has 6 heteroatoms. The van der Waals surface area contributed by atoms with E-state index in [0.29, 0.717) is 16.7 Å². The van der Waals surface area contributed by atoms with Crippen LogP contribution in [0.1, 0.15) is 5.82 Å². The lowest BCUT2D eigenvalue weighted by molar-refractivity contribution is 0.621. The second-order valence-electron chi connectivity index (χ2n) is 3.28. The van der Waals surface area contributed by atoms with Gasteiger partial charge in [0.05, 0.1) is 11.0 Å². The lowest BCUT2D eigenvalue weighted by atomic mass is 10.3. The molecule has 0 aliphatic rings. The van der Waals surface area contributed by atoms with Crippen molar-refractivity contribution in [2.45, 2.75) is 6.54 Å². The van der Waals surface area contributed by atoms with E-state index in [1.807, 2.05) is 7.05 Å². The first-order valence-electron chi connectivity index (χ1n) is 4.68. The summed E-state index contributed by atoms with van der Waals surface area (Å²) >= 11 is 3.10. The van der Waals surface area contributed by atoms with Gasteiger partial charge in [0.15, 0.2) is 0 Å². The first kappa shape index (κ1) is 11.1. The van der Waals surface area contributed by atoms with Crippen molar-refractivity contribution in [3.8, 4) is 0 Å². The van der Waals surface area contributed by atoms with Crippen LogP contribution >= 0.6 is 15.9 Å². The highest BCUT2D eigenvalue weighted by Crippen LogP contribution is 2.19. The first-order valence-corrected chi connectivity index (χ1v) is 5.48. The Labute approximate surface area is 101 Å². The Morgan fingerprint density at radius 2 is 2.31 bits per heavy atom. The Bertz CT molecular complexity index is 497. The van der Waals surface area contributed by atoms with Crippen LogP contribution in [-0.2, 0) is 13.6 Å². The predicted octanol–water partition coefficient (Wildman–Crippen LogP) is 2.33. The molecular weight excluding hydrogens is 275 g/mol. The number of aromatic nitrogens is 3. The number of halogens is 2. The van der Waals surface area contributed by atoms with Crippen molar-refractivity contribution >= 4 is 21.6 Å². The third-order valence-corrected chi connectivity index (χ3v) is 2.82. The number of hydrogen-bond acceptors (Lipinski definition) is 3. The third-order valence-electron chi connectivity index (χ3n) is 2.18. The molecule has 2 aromatic rings. The van der Waals surface area contributed by atoms with Crippen molar-refractivity contribution in [2.75, 3.05) is 5.32 Å². The van der Waals surface area contributed by atoms with Crippen molar-refractivity contribution in [1.29, 1.82) is 0 Å². The highest BCUT2D eigenvalue weighted by molar-refractivity contribution is 9.10. The second kappa shape index (κ2) is 4.61. The molecule has 0 atom stereocenters. The minimum Gasteiger partial charge on any atom is -0.378 e. The lowest BCUT2D eigenvalue weighted by Crippen LogP contribution is -2.06. The summed E-state index contributed by atoms with van der Waals surface area (Å²) in [5, 5.41) is 7.02. The Kier molecular flexibility index (Phi) is 3.19. The summed E-state index contributed by atoms with van der Waals surface area (Å²) in [6.07, 6.45) is 1.49. The zero-order valence-corrected chi connectivity index (χ0v) is 10.2. The van der Waals surface area contributed by atoms with Gasteiger partial charge in [-0.3, -0.25) is 4.68 Å². The molecule has 1 heterocycles. The number of anilines is 1. The maximum absolute atomic E-state index is 13.2. The number of nitrogens with zero attached hydrogens (tertiary/aromatic N) is 3. The van der Waals surface area contributed by atoms with Gasteiger partial charge in [-0.25, -0.2) is 9.37 Å². The summed E-state index contributed by atoms with van der Waals surface area (Å²) < 4.78 is 15.3. The van der Waals surface area contributed by atoms with Gasteiger partial charge in [-0.1, -0.05) is 0 Å². The fourth-order valence-corrected chi connectivity index (χ4v) is 1.51. The summed E-state index contributed by atoms with van der Waals surface area (Å²) in [6, 6.07) is 4.89. The summed E-state index contributed by atoms with van der Waals surface area (Å²) in [5.74, 6) is 0.506. The molecule has 84 valence electrons. The van der Waals surface area contributed by atoms with Crippen LogP contribution in [0, 0.1) is 5.82 Å². The van der Waals surface area contributed by atoms with Gasteiger partial charge in [0.1, 0.15) is 18.0 Å².